The Morgan fingerprint density at radius 1 is 0.818 bits per heavy atom. The Bertz CT molecular complexity index is 601. The van der Waals surface area contributed by atoms with Gasteiger partial charge in [0.25, 0.3) is 0 Å². The summed E-state index contributed by atoms with van der Waals surface area (Å²) < 4.78 is 1.19. The maximum absolute atomic E-state index is 3.57. The van der Waals surface area contributed by atoms with Crippen molar-refractivity contribution in [3.8, 4) is 0 Å². The van der Waals surface area contributed by atoms with Gasteiger partial charge in [-0.25, -0.2) is 0 Å². The summed E-state index contributed by atoms with van der Waals surface area (Å²) in [5.74, 6) is 0. The molecule has 1 saturated heterocycles. The van der Waals surface area contributed by atoms with Crippen LogP contribution in [-0.2, 0) is 13.1 Å². The molecule has 116 valence electrons. The zero-order valence-corrected chi connectivity index (χ0v) is 14.8. The van der Waals surface area contributed by atoms with Crippen LogP contribution in [0.15, 0.2) is 53.0 Å². The van der Waals surface area contributed by atoms with Crippen LogP contribution >= 0.6 is 15.9 Å². The topological polar surface area (TPSA) is 8.88 Å². The molecule has 0 unspecified atom stereocenters. The number of nitrogens with one attached hydrogen (secondary N) is 2. The second kappa shape index (κ2) is 7.40. The SMILES string of the molecule is Cc1ccc(C[NH+]2CC[NH+](Cc3cccc(Br)c3)CC2)cc1. The largest absolute Gasteiger partial charge is 0.322 e. The first kappa shape index (κ1) is 15.7. The summed E-state index contributed by atoms with van der Waals surface area (Å²) in [6, 6.07) is 17.7. The molecule has 0 radical (unpaired) electrons. The lowest BCUT2D eigenvalue weighted by Gasteiger charge is -2.29. The van der Waals surface area contributed by atoms with Crippen LogP contribution in [0.25, 0.3) is 0 Å². The van der Waals surface area contributed by atoms with Gasteiger partial charge in [0.15, 0.2) is 0 Å². The van der Waals surface area contributed by atoms with E-state index in [2.05, 4.69) is 71.4 Å². The Morgan fingerprint density at radius 2 is 1.41 bits per heavy atom. The van der Waals surface area contributed by atoms with Crippen LogP contribution < -0.4 is 9.80 Å². The van der Waals surface area contributed by atoms with Gasteiger partial charge in [-0.3, -0.25) is 0 Å². The lowest BCUT2D eigenvalue weighted by atomic mass is 10.1. The molecule has 2 N–H and O–H groups in total. The van der Waals surface area contributed by atoms with Crippen LogP contribution in [0.4, 0.5) is 0 Å². The smallest absolute Gasteiger partial charge is 0.127 e. The van der Waals surface area contributed by atoms with E-state index >= 15 is 0 Å². The third kappa shape index (κ3) is 4.42. The van der Waals surface area contributed by atoms with Gasteiger partial charge in [0, 0.05) is 15.6 Å². The highest BCUT2D eigenvalue weighted by molar-refractivity contribution is 9.10. The fraction of sp³-hybridized carbons (Fsp3) is 0.368. The van der Waals surface area contributed by atoms with Crippen molar-refractivity contribution >= 4 is 15.9 Å². The minimum absolute atomic E-state index is 1.15. The third-order valence-corrected chi connectivity index (χ3v) is 5.08. The molecule has 0 amide bonds. The van der Waals surface area contributed by atoms with Crippen LogP contribution in [0.2, 0.25) is 0 Å². The monoisotopic (exact) mass is 360 g/mol. The van der Waals surface area contributed by atoms with Crippen LogP contribution in [0.1, 0.15) is 16.7 Å². The third-order valence-electron chi connectivity index (χ3n) is 4.58. The predicted octanol–water partition coefficient (Wildman–Crippen LogP) is 1.24. The van der Waals surface area contributed by atoms with Gasteiger partial charge in [0.1, 0.15) is 39.3 Å². The fourth-order valence-corrected chi connectivity index (χ4v) is 3.69. The standard InChI is InChI=1S/C19H23BrN2/c1-16-5-7-17(8-6-16)14-21-9-11-22(12-10-21)15-18-3-2-4-19(20)13-18/h2-8,13H,9-12,14-15H2,1H3/p+2. The van der Waals surface area contributed by atoms with E-state index in [4.69, 9.17) is 0 Å². The van der Waals surface area contributed by atoms with Crippen LogP contribution in [0, 0.1) is 6.92 Å². The van der Waals surface area contributed by atoms with Crippen molar-refractivity contribution in [1.29, 1.82) is 0 Å². The molecule has 1 aliphatic heterocycles. The first-order chi connectivity index (χ1) is 10.7. The number of rotatable bonds is 4. The molecule has 2 aromatic rings. The van der Waals surface area contributed by atoms with Crippen LogP contribution in [0.3, 0.4) is 0 Å². The first-order valence-corrected chi connectivity index (χ1v) is 8.95. The molecular formula is C19H25BrN2+2. The molecule has 3 heteroatoms. The molecule has 3 rings (SSSR count). The van der Waals surface area contributed by atoms with Gasteiger partial charge in [0.2, 0.25) is 0 Å². The van der Waals surface area contributed by atoms with E-state index in [0.717, 1.165) is 6.54 Å². The number of halogens is 1. The van der Waals surface area contributed by atoms with Gasteiger partial charge in [-0.05, 0) is 19.1 Å². The van der Waals surface area contributed by atoms with Crippen molar-refractivity contribution in [2.75, 3.05) is 26.2 Å². The zero-order chi connectivity index (χ0) is 15.4. The summed E-state index contributed by atoms with van der Waals surface area (Å²) in [5.41, 5.74) is 4.25. The van der Waals surface area contributed by atoms with E-state index in [0.29, 0.717) is 0 Å². The van der Waals surface area contributed by atoms with Gasteiger partial charge < -0.3 is 9.80 Å². The number of aryl methyl sites for hydroxylation is 1. The molecule has 2 nitrogen and oxygen atoms in total. The molecule has 1 aliphatic rings. The number of piperazine rings is 1. The number of benzene rings is 2. The maximum atomic E-state index is 3.57. The molecule has 0 aliphatic carbocycles. The second-order valence-electron chi connectivity index (χ2n) is 6.47. The molecule has 0 atom stereocenters. The van der Waals surface area contributed by atoms with Crippen molar-refractivity contribution in [3.63, 3.8) is 0 Å². The molecule has 0 aromatic heterocycles. The number of hydrogen-bond acceptors (Lipinski definition) is 0. The normalized spacial score (nSPS) is 21.7. The van der Waals surface area contributed by atoms with Crippen molar-refractivity contribution < 1.29 is 9.80 Å². The van der Waals surface area contributed by atoms with E-state index in [9.17, 15) is 0 Å². The average Bonchev–Trinajstić information content (AvgIpc) is 2.52. The molecular weight excluding hydrogens is 336 g/mol. The highest BCUT2D eigenvalue weighted by Crippen LogP contribution is 2.10. The van der Waals surface area contributed by atoms with Crippen molar-refractivity contribution in [3.05, 3.63) is 69.7 Å². The molecule has 2 aromatic carbocycles. The summed E-state index contributed by atoms with van der Waals surface area (Å²) in [5, 5.41) is 0. The Morgan fingerprint density at radius 3 is 2.00 bits per heavy atom. The summed E-state index contributed by atoms with van der Waals surface area (Å²) in [6.45, 7) is 9.57. The van der Waals surface area contributed by atoms with Gasteiger partial charge >= 0.3 is 0 Å². The van der Waals surface area contributed by atoms with Gasteiger partial charge in [0.05, 0.1) is 0 Å². The Labute approximate surface area is 141 Å². The highest BCUT2D eigenvalue weighted by Gasteiger charge is 2.23. The molecule has 1 fully saturated rings. The molecule has 0 bridgehead atoms. The van der Waals surface area contributed by atoms with Gasteiger partial charge in [-0.2, -0.15) is 0 Å². The summed E-state index contributed by atoms with van der Waals surface area (Å²) >= 11 is 3.57. The van der Waals surface area contributed by atoms with E-state index < -0.39 is 0 Å². The maximum Gasteiger partial charge on any atom is 0.127 e. The molecule has 0 spiro atoms. The van der Waals surface area contributed by atoms with E-state index in [1.54, 1.807) is 9.80 Å². The lowest BCUT2D eigenvalue weighted by molar-refractivity contribution is -1.02. The minimum atomic E-state index is 1.15. The Hall–Kier alpha value is -1.16. The Kier molecular flexibility index (Phi) is 5.29. The first-order valence-electron chi connectivity index (χ1n) is 8.16. The van der Waals surface area contributed by atoms with Gasteiger partial charge in [-0.1, -0.05) is 57.9 Å². The average molecular weight is 361 g/mol. The van der Waals surface area contributed by atoms with Crippen molar-refractivity contribution in [2.24, 2.45) is 0 Å². The van der Waals surface area contributed by atoms with Gasteiger partial charge in [-0.15, -0.1) is 0 Å². The second-order valence-corrected chi connectivity index (χ2v) is 7.38. The molecule has 0 saturated carbocycles. The quantitative estimate of drug-likeness (QED) is 0.811. The Balaban J connectivity index is 1.49. The number of hydrogen-bond donors (Lipinski definition) is 2. The lowest BCUT2D eigenvalue weighted by Crippen LogP contribution is -3.27. The van der Waals surface area contributed by atoms with E-state index in [1.165, 1.54) is 53.9 Å². The van der Waals surface area contributed by atoms with Crippen LogP contribution in [-0.4, -0.2) is 26.2 Å². The highest BCUT2D eigenvalue weighted by atomic mass is 79.9. The van der Waals surface area contributed by atoms with Crippen molar-refractivity contribution in [2.45, 2.75) is 20.0 Å². The van der Waals surface area contributed by atoms with Crippen LogP contribution in [0.5, 0.6) is 0 Å². The summed E-state index contributed by atoms with van der Waals surface area (Å²) in [7, 11) is 0. The van der Waals surface area contributed by atoms with Crippen molar-refractivity contribution in [1.82, 2.24) is 0 Å². The fourth-order valence-electron chi connectivity index (χ4n) is 3.24. The zero-order valence-electron chi connectivity index (χ0n) is 13.2. The minimum Gasteiger partial charge on any atom is -0.322 e. The predicted molar refractivity (Wildman–Crippen MR) is 94.1 cm³/mol. The van der Waals surface area contributed by atoms with E-state index in [-0.39, 0.29) is 0 Å². The molecule has 1 heterocycles. The molecule has 22 heavy (non-hydrogen) atoms. The summed E-state index contributed by atoms with van der Waals surface area (Å²) in [4.78, 5) is 3.44. The number of quaternary nitrogens is 2. The summed E-state index contributed by atoms with van der Waals surface area (Å²) in [6.07, 6.45) is 0. The van der Waals surface area contributed by atoms with E-state index in [1.807, 2.05) is 0 Å².